The molecule has 5 rings (SSSR count). The summed E-state index contributed by atoms with van der Waals surface area (Å²) in [5.74, 6) is -0.679. The standard InChI is InChI=1S/C32H31N5O7S2/c38-31(34-26-10-4-1-5-11-26)24-44-27-18-16-25(17-19-27)22-33-35-32(39)30-23-36(45(40,41)28-12-6-2-7-13-28)20-21-37(30)46(42,43)29-14-8-3-9-15-29/h1-19,22,30H,20-21,23-24H2,(H,34,38)(H,35,39)/b33-22-/t30-/m1/s1. The maximum absolute atomic E-state index is 13.5. The number of carbonyl (C=O) groups is 2. The average molecular weight is 662 g/mol. The molecule has 0 aromatic heterocycles. The molecule has 14 heteroatoms. The number of nitrogens with zero attached hydrogens (tertiary/aromatic N) is 3. The van der Waals surface area contributed by atoms with Gasteiger partial charge in [-0.2, -0.15) is 13.7 Å². The SMILES string of the molecule is O=C(COc1ccc(/C=N\NC(=O)[C@H]2CN(S(=O)(=O)c3ccccc3)CCN2S(=O)(=O)c2ccccc2)cc1)Nc1ccccc1. The molecule has 46 heavy (non-hydrogen) atoms. The average Bonchev–Trinajstić information content (AvgIpc) is 3.09. The Labute approximate surface area is 267 Å². The smallest absolute Gasteiger partial charge is 0.262 e. The normalized spacial score (nSPS) is 16.1. The van der Waals surface area contributed by atoms with Crippen LogP contribution in [-0.4, -0.2) is 75.8 Å². The number of para-hydroxylation sites is 1. The van der Waals surface area contributed by atoms with Crippen LogP contribution in [0.2, 0.25) is 0 Å². The largest absolute Gasteiger partial charge is 0.484 e. The van der Waals surface area contributed by atoms with Crippen molar-refractivity contribution >= 4 is 43.8 Å². The molecule has 238 valence electrons. The molecule has 4 aromatic carbocycles. The highest BCUT2D eigenvalue weighted by molar-refractivity contribution is 7.89. The molecular formula is C32H31N5O7S2. The number of hydrazone groups is 1. The van der Waals surface area contributed by atoms with Crippen LogP contribution in [0.3, 0.4) is 0 Å². The van der Waals surface area contributed by atoms with Crippen molar-refractivity contribution in [2.45, 2.75) is 15.8 Å². The quantitative estimate of drug-likeness (QED) is 0.185. The molecule has 4 aromatic rings. The second kappa shape index (κ2) is 14.5. The molecule has 1 atom stereocenters. The van der Waals surface area contributed by atoms with Crippen molar-refractivity contribution in [3.05, 3.63) is 121 Å². The van der Waals surface area contributed by atoms with Crippen molar-refractivity contribution in [1.82, 2.24) is 14.0 Å². The van der Waals surface area contributed by atoms with Gasteiger partial charge in [-0.25, -0.2) is 22.3 Å². The molecule has 0 unspecified atom stereocenters. The molecule has 2 N–H and O–H groups in total. The second-order valence-electron chi connectivity index (χ2n) is 10.1. The third-order valence-corrected chi connectivity index (χ3v) is 10.8. The molecule has 1 fully saturated rings. The third-order valence-electron chi connectivity index (χ3n) is 7.02. The number of benzene rings is 4. The van der Waals surface area contributed by atoms with E-state index in [1.54, 1.807) is 72.8 Å². The Kier molecular flexibility index (Phi) is 10.2. The van der Waals surface area contributed by atoms with Gasteiger partial charge in [0.1, 0.15) is 11.8 Å². The van der Waals surface area contributed by atoms with Gasteiger partial charge in [-0.15, -0.1) is 0 Å². The van der Waals surface area contributed by atoms with E-state index >= 15 is 0 Å². The second-order valence-corrected chi connectivity index (χ2v) is 14.0. The van der Waals surface area contributed by atoms with E-state index in [-0.39, 0.29) is 35.4 Å². The number of hydrogen-bond acceptors (Lipinski definition) is 8. The molecular weight excluding hydrogens is 631 g/mol. The van der Waals surface area contributed by atoms with Gasteiger partial charge in [0.25, 0.3) is 11.8 Å². The predicted octanol–water partition coefficient (Wildman–Crippen LogP) is 2.92. The monoisotopic (exact) mass is 661 g/mol. The highest BCUT2D eigenvalue weighted by Gasteiger charge is 2.43. The van der Waals surface area contributed by atoms with Gasteiger partial charge in [-0.3, -0.25) is 9.59 Å². The summed E-state index contributed by atoms with van der Waals surface area (Å²) < 4.78 is 61.4. The molecule has 0 saturated carbocycles. The highest BCUT2D eigenvalue weighted by Crippen LogP contribution is 2.25. The van der Waals surface area contributed by atoms with Gasteiger partial charge in [0, 0.05) is 25.3 Å². The first-order valence-corrected chi connectivity index (χ1v) is 17.1. The van der Waals surface area contributed by atoms with Gasteiger partial charge in [0.15, 0.2) is 6.61 Å². The molecule has 1 aliphatic heterocycles. The number of piperazine rings is 1. The van der Waals surface area contributed by atoms with Crippen LogP contribution < -0.4 is 15.5 Å². The van der Waals surface area contributed by atoms with E-state index < -0.39 is 38.5 Å². The maximum Gasteiger partial charge on any atom is 0.262 e. The zero-order chi connectivity index (χ0) is 32.6. The molecule has 1 saturated heterocycles. The first-order chi connectivity index (χ1) is 22.1. The summed E-state index contributed by atoms with van der Waals surface area (Å²) in [5.41, 5.74) is 3.60. The van der Waals surface area contributed by atoms with Gasteiger partial charge < -0.3 is 10.1 Å². The zero-order valence-corrected chi connectivity index (χ0v) is 26.1. The van der Waals surface area contributed by atoms with E-state index in [0.29, 0.717) is 17.0 Å². The van der Waals surface area contributed by atoms with Gasteiger partial charge in [-0.05, 0) is 66.2 Å². The Morgan fingerprint density at radius 3 is 1.93 bits per heavy atom. The fourth-order valence-electron chi connectivity index (χ4n) is 4.69. The van der Waals surface area contributed by atoms with Crippen LogP contribution >= 0.6 is 0 Å². The van der Waals surface area contributed by atoms with Crippen LogP contribution in [0.5, 0.6) is 5.75 Å². The number of sulfonamides is 2. The number of hydrogen-bond donors (Lipinski definition) is 2. The molecule has 12 nitrogen and oxygen atoms in total. The first-order valence-electron chi connectivity index (χ1n) is 14.2. The van der Waals surface area contributed by atoms with E-state index in [4.69, 9.17) is 4.74 Å². The van der Waals surface area contributed by atoms with E-state index in [0.717, 1.165) is 8.61 Å². The Morgan fingerprint density at radius 2 is 1.33 bits per heavy atom. The first kappa shape index (κ1) is 32.5. The van der Waals surface area contributed by atoms with Crippen LogP contribution in [0.1, 0.15) is 5.56 Å². The number of ether oxygens (including phenoxy) is 1. The lowest BCUT2D eigenvalue weighted by Gasteiger charge is -2.38. The summed E-state index contributed by atoms with van der Waals surface area (Å²) in [6.07, 6.45) is 1.35. The molecule has 1 aliphatic rings. The van der Waals surface area contributed by atoms with Crippen molar-refractivity contribution in [1.29, 1.82) is 0 Å². The highest BCUT2D eigenvalue weighted by atomic mass is 32.2. The van der Waals surface area contributed by atoms with Crippen LogP contribution in [0.15, 0.2) is 130 Å². The van der Waals surface area contributed by atoms with Crippen LogP contribution in [0, 0.1) is 0 Å². The maximum atomic E-state index is 13.5. The lowest BCUT2D eigenvalue weighted by Crippen LogP contribution is -2.60. The molecule has 0 spiro atoms. The number of rotatable bonds is 11. The van der Waals surface area contributed by atoms with E-state index in [1.807, 2.05) is 18.2 Å². The van der Waals surface area contributed by atoms with Crippen LogP contribution in [0.25, 0.3) is 0 Å². The minimum Gasteiger partial charge on any atom is -0.484 e. The fourth-order valence-corrected chi connectivity index (χ4v) is 7.74. The predicted molar refractivity (Wildman–Crippen MR) is 172 cm³/mol. The topological polar surface area (TPSA) is 155 Å². The Hall–Kier alpha value is -4.89. The van der Waals surface area contributed by atoms with Gasteiger partial charge in [0.2, 0.25) is 20.0 Å². The minimum absolute atomic E-state index is 0.0180. The van der Waals surface area contributed by atoms with Crippen molar-refractivity contribution < 1.29 is 31.2 Å². The van der Waals surface area contributed by atoms with Crippen molar-refractivity contribution in [2.24, 2.45) is 5.10 Å². The summed E-state index contributed by atoms with van der Waals surface area (Å²) in [6, 6.07) is 29.5. The van der Waals surface area contributed by atoms with E-state index in [1.165, 1.54) is 30.5 Å². The van der Waals surface area contributed by atoms with Gasteiger partial charge in [0.05, 0.1) is 16.0 Å². The summed E-state index contributed by atoms with van der Waals surface area (Å²) in [5, 5.41) is 6.71. The summed E-state index contributed by atoms with van der Waals surface area (Å²) in [6.45, 7) is -0.984. The van der Waals surface area contributed by atoms with Crippen molar-refractivity contribution in [3.63, 3.8) is 0 Å². The van der Waals surface area contributed by atoms with Crippen LogP contribution in [-0.2, 0) is 29.6 Å². The zero-order valence-electron chi connectivity index (χ0n) is 24.5. The molecule has 1 heterocycles. The van der Waals surface area contributed by atoms with Crippen LogP contribution in [0.4, 0.5) is 5.69 Å². The Balaban J connectivity index is 1.25. The van der Waals surface area contributed by atoms with Gasteiger partial charge >= 0.3 is 0 Å². The summed E-state index contributed by atoms with van der Waals surface area (Å²) in [7, 11) is -8.14. The number of carbonyl (C=O) groups excluding carboxylic acids is 2. The van der Waals surface area contributed by atoms with Crippen molar-refractivity contribution in [3.8, 4) is 5.75 Å². The Morgan fingerprint density at radius 1 is 0.761 bits per heavy atom. The van der Waals surface area contributed by atoms with Crippen molar-refractivity contribution in [2.75, 3.05) is 31.6 Å². The molecule has 0 bridgehead atoms. The van der Waals surface area contributed by atoms with Gasteiger partial charge in [-0.1, -0.05) is 54.6 Å². The number of nitrogens with one attached hydrogen (secondary N) is 2. The Bertz CT molecular complexity index is 1890. The summed E-state index contributed by atoms with van der Waals surface area (Å²) >= 11 is 0. The number of amides is 2. The van der Waals surface area contributed by atoms with E-state index in [9.17, 15) is 26.4 Å². The minimum atomic E-state index is -4.14. The molecule has 2 amide bonds. The molecule has 0 aliphatic carbocycles. The van der Waals surface area contributed by atoms with E-state index in [2.05, 4.69) is 15.8 Å². The fraction of sp³-hybridized carbons (Fsp3) is 0.156. The molecule has 0 radical (unpaired) electrons. The summed E-state index contributed by atoms with van der Waals surface area (Å²) in [4.78, 5) is 25.6. The lowest BCUT2D eigenvalue weighted by molar-refractivity contribution is -0.125. The lowest BCUT2D eigenvalue weighted by atomic mass is 10.2. The third kappa shape index (κ3) is 7.84. The number of anilines is 1.